The second-order valence-electron chi connectivity index (χ2n) is 4.64. The van der Waals surface area contributed by atoms with Crippen LogP contribution >= 0.6 is 0 Å². The molecule has 0 aliphatic rings. The van der Waals surface area contributed by atoms with E-state index in [-0.39, 0.29) is 17.9 Å². The zero-order valence-electron chi connectivity index (χ0n) is 11.9. The smallest absolute Gasteiger partial charge is 0.306 e. The number of esters is 2. The second-order valence-corrected chi connectivity index (χ2v) is 4.64. The van der Waals surface area contributed by atoms with Gasteiger partial charge in [-0.15, -0.1) is 0 Å². The molecule has 0 aromatic rings. The third kappa shape index (κ3) is 10.1. The van der Waals surface area contributed by atoms with Crippen LogP contribution in [0.5, 0.6) is 0 Å². The molecule has 0 aromatic carbocycles. The SMILES string of the molecule is CCCOC(=O)CCC[C@H](C)CC(=O)OCCC. The normalized spacial score (nSPS) is 11.9. The molecule has 0 bridgehead atoms. The van der Waals surface area contributed by atoms with Gasteiger partial charge in [0.05, 0.1) is 13.2 Å². The van der Waals surface area contributed by atoms with Gasteiger partial charge < -0.3 is 9.47 Å². The van der Waals surface area contributed by atoms with Crippen molar-refractivity contribution in [2.45, 2.75) is 59.3 Å². The van der Waals surface area contributed by atoms with E-state index in [0.717, 1.165) is 25.7 Å². The molecule has 4 heteroatoms. The molecule has 0 radical (unpaired) electrons. The van der Waals surface area contributed by atoms with Gasteiger partial charge in [-0.1, -0.05) is 20.8 Å². The summed E-state index contributed by atoms with van der Waals surface area (Å²) in [7, 11) is 0. The standard InChI is InChI=1S/C14H26O4/c1-4-9-17-13(15)8-6-7-12(3)11-14(16)18-10-5-2/h12H,4-11H2,1-3H3/t12-/m0/s1. The molecule has 0 N–H and O–H groups in total. The van der Waals surface area contributed by atoms with Crippen molar-refractivity contribution in [3.8, 4) is 0 Å². The van der Waals surface area contributed by atoms with E-state index in [1.807, 2.05) is 20.8 Å². The summed E-state index contributed by atoms with van der Waals surface area (Å²) >= 11 is 0. The van der Waals surface area contributed by atoms with Crippen LogP contribution in [0.1, 0.15) is 59.3 Å². The Labute approximate surface area is 110 Å². The van der Waals surface area contributed by atoms with Crippen LogP contribution in [0.25, 0.3) is 0 Å². The molecule has 0 aromatic heterocycles. The fraction of sp³-hybridized carbons (Fsp3) is 0.857. The highest BCUT2D eigenvalue weighted by atomic mass is 16.5. The largest absolute Gasteiger partial charge is 0.466 e. The van der Waals surface area contributed by atoms with Gasteiger partial charge in [-0.2, -0.15) is 0 Å². The minimum absolute atomic E-state index is 0.141. The molecule has 4 nitrogen and oxygen atoms in total. The maximum Gasteiger partial charge on any atom is 0.306 e. The highest BCUT2D eigenvalue weighted by Gasteiger charge is 2.11. The van der Waals surface area contributed by atoms with Crippen LogP contribution in [-0.4, -0.2) is 25.2 Å². The van der Waals surface area contributed by atoms with Crippen LogP contribution in [0, 0.1) is 5.92 Å². The fourth-order valence-corrected chi connectivity index (χ4v) is 1.54. The second kappa shape index (κ2) is 11.1. The van der Waals surface area contributed by atoms with E-state index in [0.29, 0.717) is 26.1 Å². The number of carbonyl (C=O) groups excluding carboxylic acids is 2. The summed E-state index contributed by atoms with van der Waals surface area (Å²) in [5.74, 6) is -0.0242. The predicted molar refractivity (Wildman–Crippen MR) is 70.1 cm³/mol. The first kappa shape index (κ1) is 16.9. The van der Waals surface area contributed by atoms with E-state index >= 15 is 0 Å². The highest BCUT2D eigenvalue weighted by Crippen LogP contribution is 2.13. The summed E-state index contributed by atoms with van der Waals surface area (Å²) in [6.07, 6.45) is 4.19. The van der Waals surface area contributed by atoms with Gasteiger partial charge in [-0.05, 0) is 31.6 Å². The Hall–Kier alpha value is -1.06. The average molecular weight is 258 g/mol. The molecule has 0 aliphatic carbocycles. The summed E-state index contributed by atoms with van der Waals surface area (Å²) in [5, 5.41) is 0. The maximum atomic E-state index is 11.3. The molecule has 0 saturated carbocycles. The predicted octanol–water partition coefficient (Wildman–Crippen LogP) is 3.09. The molecule has 0 amide bonds. The molecule has 0 aliphatic heterocycles. The molecule has 1 atom stereocenters. The van der Waals surface area contributed by atoms with Crippen molar-refractivity contribution in [2.75, 3.05) is 13.2 Å². The van der Waals surface area contributed by atoms with E-state index in [2.05, 4.69) is 0 Å². The molecular weight excluding hydrogens is 232 g/mol. The Morgan fingerprint density at radius 3 is 2.11 bits per heavy atom. The molecule has 0 fully saturated rings. The van der Waals surface area contributed by atoms with Crippen LogP contribution in [-0.2, 0) is 19.1 Å². The monoisotopic (exact) mass is 258 g/mol. The number of hydrogen-bond donors (Lipinski definition) is 0. The Morgan fingerprint density at radius 1 is 1.00 bits per heavy atom. The maximum absolute atomic E-state index is 11.3. The van der Waals surface area contributed by atoms with Gasteiger partial charge in [0.25, 0.3) is 0 Å². The molecule has 0 saturated heterocycles. The summed E-state index contributed by atoms with van der Waals surface area (Å²) in [6, 6.07) is 0. The van der Waals surface area contributed by atoms with Crippen molar-refractivity contribution >= 4 is 11.9 Å². The van der Waals surface area contributed by atoms with Crippen molar-refractivity contribution in [2.24, 2.45) is 5.92 Å². The summed E-state index contributed by atoms with van der Waals surface area (Å²) in [5.41, 5.74) is 0. The molecule has 0 rings (SSSR count). The summed E-state index contributed by atoms with van der Waals surface area (Å²) in [4.78, 5) is 22.6. The minimum Gasteiger partial charge on any atom is -0.466 e. The Bertz CT molecular complexity index is 238. The summed E-state index contributed by atoms with van der Waals surface area (Å²) < 4.78 is 9.99. The first-order valence-electron chi connectivity index (χ1n) is 6.91. The molecule has 106 valence electrons. The lowest BCUT2D eigenvalue weighted by atomic mass is 10.0. The lowest BCUT2D eigenvalue weighted by molar-refractivity contribution is -0.144. The van der Waals surface area contributed by atoms with E-state index in [4.69, 9.17) is 9.47 Å². The van der Waals surface area contributed by atoms with Crippen molar-refractivity contribution in [1.29, 1.82) is 0 Å². The quantitative estimate of drug-likeness (QED) is 0.565. The fourth-order valence-electron chi connectivity index (χ4n) is 1.54. The van der Waals surface area contributed by atoms with Gasteiger partial charge in [-0.25, -0.2) is 0 Å². The zero-order valence-corrected chi connectivity index (χ0v) is 11.9. The molecule has 18 heavy (non-hydrogen) atoms. The Balaban J connectivity index is 3.55. The number of carbonyl (C=O) groups is 2. The lowest BCUT2D eigenvalue weighted by Gasteiger charge is -2.10. The first-order chi connectivity index (χ1) is 8.60. The van der Waals surface area contributed by atoms with Crippen LogP contribution in [0.15, 0.2) is 0 Å². The topological polar surface area (TPSA) is 52.6 Å². The van der Waals surface area contributed by atoms with Gasteiger partial charge in [0.15, 0.2) is 0 Å². The Morgan fingerprint density at radius 2 is 1.56 bits per heavy atom. The third-order valence-corrected chi connectivity index (χ3v) is 2.53. The van der Waals surface area contributed by atoms with Gasteiger partial charge in [0, 0.05) is 12.8 Å². The minimum atomic E-state index is -0.141. The third-order valence-electron chi connectivity index (χ3n) is 2.53. The average Bonchev–Trinajstić information content (AvgIpc) is 2.33. The van der Waals surface area contributed by atoms with Gasteiger partial charge in [0.1, 0.15) is 0 Å². The van der Waals surface area contributed by atoms with Gasteiger partial charge in [0.2, 0.25) is 0 Å². The zero-order chi connectivity index (χ0) is 13.8. The van der Waals surface area contributed by atoms with Crippen molar-refractivity contribution in [3.05, 3.63) is 0 Å². The van der Waals surface area contributed by atoms with Gasteiger partial charge in [-0.3, -0.25) is 9.59 Å². The summed E-state index contributed by atoms with van der Waals surface area (Å²) in [6.45, 7) is 6.94. The van der Waals surface area contributed by atoms with Crippen LogP contribution in [0.2, 0.25) is 0 Å². The first-order valence-corrected chi connectivity index (χ1v) is 6.91. The molecule has 0 unspecified atom stereocenters. The highest BCUT2D eigenvalue weighted by molar-refractivity contribution is 5.70. The van der Waals surface area contributed by atoms with Crippen molar-refractivity contribution < 1.29 is 19.1 Å². The molecular formula is C14H26O4. The van der Waals surface area contributed by atoms with Crippen molar-refractivity contribution in [3.63, 3.8) is 0 Å². The van der Waals surface area contributed by atoms with Crippen LogP contribution in [0.4, 0.5) is 0 Å². The van der Waals surface area contributed by atoms with Gasteiger partial charge >= 0.3 is 11.9 Å². The van der Waals surface area contributed by atoms with E-state index in [1.54, 1.807) is 0 Å². The number of rotatable bonds is 10. The van der Waals surface area contributed by atoms with E-state index in [1.165, 1.54) is 0 Å². The number of ether oxygens (including phenoxy) is 2. The Kier molecular flexibility index (Phi) is 10.4. The molecule has 0 heterocycles. The van der Waals surface area contributed by atoms with E-state index in [9.17, 15) is 9.59 Å². The van der Waals surface area contributed by atoms with Crippen LogP contribution < -0.4 is 0 Å². The van der Waals surface area contributed by atoms with Crippen LogP contribution in [0.3, 0.4) is 0 Å². The molecule has 0 spiro atoms. The number of hydrogen-bond acceptors (Lipinski definition) is 4. The lowest BCUT2D eigenvalue weighted by Crippen LogP contribution is -2.11. The van der Waals surface area contributed by atoms with Crippen molar-refractivity contribution in [1.82, 2.24) is 0 Å². The van der Waals surface area contributed by atoms with E-state index < -0.39 is 0 Å².